The molecule has 0 aliphatic heterocycles. The van der Waals surface area contributed by atoms with Gasteiger partial charge in [0, 0.05) is 0 Å². The van der Waals surface area contributed by atoms with Crippen LogP contribution in [0, 0.1) is 12.7 Å². The molecule has 11 heteroatoms. The average Bonchev–Trinajstić information content (AvgIpc) is 2.60. The normalized spacial score (nSPS) is 12.0. The molecule has 29 heavy (non-hydrogen) atoms. The summed E-state index contributed by atoms with van der Waals surface area (Å²) in [4.78, 5) is 34.6. The Morgan fingerprint density at radius 2 is 1.79 bits per heavy atom. The Morgan fingerprint density at radius 3 is 2.41 bits per heavy atom. The summed E-state index contributed by atoms with van der Waals surface area (Å²) in [7, 11) is -4.14. The molecule has 1 atom stereocenters. The van der Waals surface area contributed by atoms with Crippen LogP contribution in [0.5, 0.6) is 0 Å². The molecule has 0 aliphatic rings. The zero-order valence-corrected chi connectivity index (χ0v) is 16.2. The maximum atomic E-state index is 13.3. The lowest BCUT2D eigenvalue weighted by Crippen LogP contribution is -2.42. The molecule has 1 unspecified atom stereocenters. The van der Waals surface area contributed by atoms with Crippen LogP contribution >= 0.6 is 0 Å². The average molecular weight is 423 g/mol. The molecule has 9 nitrogen and oxygen atoms in total. The van der Waals surface area contributed by atoms with Crippen molar-refractivity contribution in [1.29, 1.82) is 0 Å². The highest BCUT2D eigenvalue weighted by molar-refractivity contribution is 7.92. The first-order valence-electron chi connectivity index (χ1n) is 8.20. The number of nitrogens with one attached hydrogen (secondary N) is 2. The Balaban J connectivity index is 2.27. The maximum Gasteiger partial charge on any atom is 0.341 e. The van der Waals surface area contributed by atoms with E-state index in [2.05, 4.69) is 4.72 Å². The van der Waals surface area contributed by atoms with Crippen LogP contribution in [0.2, 0.25) is 0 Å². The number of halogens is 1. The van der Waals surface area contributed by atoms with E-state index in [1.165, 1.54) is 38.1 Å². The molecule has 0 aromatic heterocycles. The fourth-order valence-electron chi connectivity index (χ4n) is 2.36. The number of carbonyl (C=O) groups excluding carboxylic acids is 3. The molecule has 0 aliphatic carbocycles. The summed E-state index contributed by atoms with van der Waals surface area (Å²) in [6.45, 7) is 2.64. The number of rotatable bonds is 6. The van der Waals surface area contributed by atoms with E-state index in [1.54, 1.807) is 5.32 Å². The van der Waals surface area contributed by atoms with E-state index in [0.717, 1.165) is 18.2 Å². The molecule has 0 saturated heterocycles. The summed E-state index contributed by atoms with van der Waals surface area (Å²) >= 11 is 0. The molecule has 0 bridgehead atoms. The van der Waals surface area contributed by atoms with Crippen molar-refractivity contribution in [2.75, 3.05) is 4.72 Å². The summed E-state index contributed by atoms with van der Waals surface area (Å²) in [5, 5.41) is 1.77. The number of benzene rings is 2. The second-order valence-electron chi connectivity index (χ2n) is 5.96. The monoisotopic (exact) mass is 423 g/mol. The number of imide groups is 1. The van der Waals surface area contributed by atoms with E-state index in [1.807, 2.05) is 0 Å². The fourth-order valence-corrected chi connectivity index (χ4v) is 3.67. The number of hydrogen-bond acceptors (Lipinski definition) is 6. The van der Waals surface area contributed by atoms with Crippen molar-refractivity contribution < 1.29 is 31.9 Å². The minimum atomic E-state index is -4.14. The van der Waals surface area contributed by atoms with Crippen LogP contribution in [0.25, 0.3) is 0 Å². The van der Waals surface area contributed by atoms with Gasteiger partial charge in [-0.2, -0.15) is 0 Å². The van der Waals surface area contributed by atoms with Gasteiger partial charge < -0.3 is 10.5 Å². The lowest BCUT2D eigenvalue weighted by Gasteiger charge is -2.15. The molecule has 0 saturated carbocycles. The number of sulfonamides is 1. The Hall–Kier alpha value is -3.47. The molecule has 0 radical (unpaired) electrons. The summed E-state index contributed by atoms with van der Waals surface area (Å²) in [5.74, 6) is -2.54. The van der Waals surface area contributed by atoms with Crippen LogP contribution in [-0.4, -0.2) is 32.4 Å². The molecule has 0 spiro atoms. The molecular formula is C18H18FN3O6S. The van der Waals surface area contributed by atoms with Gasteiger partial charge in [-0.05, 0) is 49.7 Å². The topological polar surface area (TPSA) is 145 Å². The van der Waals surface area contributed by atoms with Crippen LogP contribution in [0.4, 0.5) is 14.9 Å². The number of aryl methyl sites for hydroxylation is 1. The van der Waals surface area contributed by atoms with Crippen molar-refractivity contribution in [3.8, 4) is 0 Å². The smallest absolute Gasteiger partial charge is 0.341 e. The summed E-state index contributed by atoms with van der Waals surface area (Å²) in [5.41, 5.74) is 4.73. The number of para-hydroxylation sites is 1. The first kappa shape index (κ1) is 21.8. The summed E-state index contributed by atoms with van der Waals surface area (Å²) in [6.07, 6.45) is -1.36. The minimum Gasteiger partial charge on any atom is -0.449 e. The number of anilines is 1. The Kier molecular flexibility index (Phi) is 6.54. The predicted octanol–water partition coefficient (Wildman–Crippen LogP) is 1.68. The largest absolute Gasteiger partial charge is 0.449 e. The first-order valence-corrected chi connectivity index (χ1v) is 9.69. The minimum absolute atomic E-state index is 0.108. The standard InChI is InChI=1S/C18H18FN3O6S/c1-10-9-12(19)7-8-15(10)29(26,27)22-14-6-4-3-5-13(14)17(24)28-11(2)16(23)21-18(20)25/h3-9,11,22H,1-2H3,(H3,20,21,23,25). The van der Waals surface area contributed by atoms with E-state index >= 15 is 0 Å². The van der Waals surface area contributed by atoms with Gasteiger partial charge in [-0.3, -0.25) is 14.8 Å². The summed E-state index contributed by atoms with van der Waals surface area (Å²) in [6, 6.07) is 7.61. The highest BCUT2D eigenvalue weighted by Crippen LogP contribution is 2.23. The lowest BCUT2D eigenvalue weighted by atomic mass is 10.2. The highest BCUT2D eigenvalue weighted by Gasteiger charge is 2.24. The number of urea groups is 1. The van der Waals surface area contributed by atoms with Crippen molar-refractivity contribution in [2.24, 2.45) is 5.73 Å². The number of nitrogens with two attached hydrogens (primary N) is 1. The van der Waals surface area contributed by atoms with Gasteiger partial charge in [-0.25, -0.2) is 22.4 Å². The molecule has 154 valence electrons. The molecule has 0 heterocycles. The Labute approximate surface area is 166 Å². The molecule has 4 N–H and O–H groups in total. The second-order valence-corrected chi connectivity index (χ2v) is 7.61. The van der Waals surface area contributed by atoms with Crippen LogP contribution in [0.3, 0.4) is 0 Å². The molecule has 3 amide bonds. The van der Waals surface area contributed by atoms with Gasteiger partial charge in [-0.15, -0.1) is 0 Å². The molecule has 0 fully saturated rings. The third-order valence-corrected chi connectivity index (χ3v) is 5.24. The van der Waals surface area contributed by atoms with Crippen molar-refractivity contribution in [3.63, 3.8) is 0 Å². The van der Waals surface area contributed by atoms with Crippen LogP contribution in [-0.2, 0) is 19.6 Å². The van der Waals surface area contributed by atoms with Crippen LogP contribution < -0.4 is 15.8 Å². The Bertz CT molecular complexity index is 1070. The van der Waals surface area contributed by atoms with Gasteiger partial charge >= 0.3 is 12.0 Å². The van der Waals surface area contributed by atoms with Crippen molar-refractivity contribution >= 4 is 33.6 Å². The number of primary amides is 1. The van der Waals surface area contributed by atoms with Gasteiger partial charge in [0.05, 0.1) is 16.1 Å². The molecule has 2 aromatic rings. The summed E-state index contributed by atoms with van der Waals surface area (Å²) < 4.78 is 45.8. The predicted molar refractivity (Wildman–Crippen MR) is 101 cm³/mol. The highest BCUT2D eigenvalue weighted by atomic mass is 32.2. The zero-order valence-electron chi connectivity index (χ0n) is 15.4. The van der Waals surface area contributed by atoms with E-state index in [-0.39, 0.29) is 21.7 Å². The molecule has 2 rings (SSSR count). The third-order valence-electron chi connectivity index (χ3n) is 3.72. The SMILES string of the molecule is Cc1cc(F)ccc1S(=O)(=O)Nc1ccccc1C(=O)OC(C)C(=O)NC(N)=O. The van der Waals surface area contributed by atoms with Gasteiger partial charge in [0.15, 0.2) is 6.10 Å². The molecular weight excluding hydrogens is 405 g/mol. The van der Waals surface area contributed by atoms with Crippen molar-refractivity contribution in [3.05, 3.63) is 59.4 Å². The van der Waals surface area contributed by atoms with Gasteiger partial charge in [0.25, 0.3) is 15.9 Å². The van der Waals surface area contributed by atoms with E-state index in [9.17, 15) is 27.2 Å². The van der Waals surface area contributed by atoms with Crippen LogP contribution in [0.1, 0.15) is 22.8 Å². The lowest BCUT2D eigenvalue weighted by molar-refractivity contribution is -0.127. The number of amides is 3. The van der Waals surface area contributed by atoms with Gasteiger partial charge in [0.2, 0.25) is 0 Å². The quantitative estimate of drug-likeness (QED) is 0.603. The first-order chi connectivity index (χ1) is 13.5. The fraction of sp³-hybridized carbons (Fsp3) is 0.167. The molecule has 2 aromatic carbocycles. The van der Waals surface area contributed by atoms with Crippen LogP contribution in [0.15, 0.2) is 47.4 Å². The van der Waals surface area contributed by atoms with E-state index < -0.39 is 39.9 Å². The van der Waals surface area contributed by atoms with Crippen molar-refractivity contribution in [2.45, 2.75) is 24.8 Å². The zero-order chi connectivity index (χ0) is 21.8. The van der Waals surface area contributed by atoms with E-state index in [4.69, 9.17) is 10.5 Å². The number of ether oxygens (including phenoxy) is 1. The van der Waals surface area contributed by atoms with E-state index in [0.29, 0.717) is 0 Å². The third kappa shape index (κ3) is 5.51. The number of carbonyl (C=O) groups is 3. The van der Waals surface area contributed by atoms with Gasteiger partial charge in [0.1, 0.15) is 5.82 Å². The number of hydrogen-bond donors (Lipinski definition) is 3. The Morgan fingerprint density at radius 1 is 1.14 bits per heavy atom. The van der Waals surface area contributed by atoms with Crippen molar-refractivity contribution in [1.82, 2.24) is 5.32 Å². The van der Waals surface area contributed by atoms with Gasteiger partial charge in [-0.1, -0.05) is 12.1 Å². The maximum absolute atomic E-state index is 13.3. The number of esters is 1. The second kappa shape index (κ2) is 8.69.